The molecule has 0 aliphatic carbocycles. The zero-order valence-corrected chi connectivity index (χ0v) is 11.7. The van der Waals surface area contributed by atoms with Gasteiger partial charge >= 0.3 is 0 Å². The van der Waals surface area contributed by atoms with Crippen molar-refractivity contribution in [3.05, 3.63) is 47.5 Å². The first-order valence-corrected chi connectivity index (χ1v) is 6.92. The van der Waals surface area contributed by atoms with Crippen LogP contribution in [-0.2, 0) is 11.3 Å². The standard InChI is InChI=1S/C16H22N2O/c1-3-15-9-6-10-18(15)12-16(19)17-11-14-8-5-4-7-13(14)2/h4-9,15H,3,10-12H2,1-2H3,(H,17,19). The minimum atomic E-state index is 0.102. The molecular weight excluding hydrogens is 236 g/mol. The summed E-state index contributed by atoms with van der Waals surface area (Å²) in [5, 5.41) is 3.00. The Morgan fingerprint density at radius 3 is 2.95 bits per heavy atom. The lowest BCUT2D eigenvalue weighted by Gasteiger charge is -2.22. The van der Waals surface area contributed by atoms with E-state index >= 15 is 0 Å². The van der Waals surface area contributed by atoms with Gasteiger partial charge in [-0.2, -0.15) is 0 Å². The first-order chi connectivity index (χ1) is 9.20. The van der Waals surface area contributed by atoms with Gasteiger partial charge in [-0.05, 0) is 24.5 Å². The van der Waals surface area contributed by atoms with Gasteiger partial charge in [-0.1, -0.05) is 43.3 Å². The quantitative estimate of drug-likeness (QED) is 0.822. The molecule has 1 atom stereocenters. The molecule has 2 rings (SSSR count). The van der Waals surface area contributed by atoms with Gasteiger partial charge in [-0.25, -0.2) is 0 Å². The average molecular weight is 258 g/mol. The topological polar surface area (TPSA) is 32.3 Å². The molecule has 0 bridgehead atoms. The summed E-state index contributed by atoms with van der Waals surface area (Å²) in [6, 6.07) is 8.57. The van der Waals surface area contributed by atoms with Gasteiger partial charge in [0.25, 0.3) is 0 Å². The maximum absolute atomic E-state index is 12.0. The van der Waals surface area contributed by atoms with E-state index in [1.165, 1.54) is 11.1 Å². The molecule has 1 unspecified atom stereocenters. The molecule has 1 aromatic carbocycles. The third-order valence-corrected chi connectivity index (χ3v) is 3.67. The lowest BCUT2D eigenvalue weighted by molar-refractivity contribution is -0.122. The Morgan fingerprint density at radius 2 is 2.21 bits per heavy atom. The molecule has 1 aliphatic heterocycles. The second kappa shape index (κ2) is 6.53. The van der Waals surface area contributed by atoms with E-state index in [4.69, 9.17) is 0 Å². The second-order valence-electron chi connectivity index (χ2n) is 5.04. The molecule has 19 heavy (non-hydrogen) atoms. The molecule has 102 valence electrons. The molecular formula is C16H22N2O. The summed E-state index contributed by atoms with van der Waals surface area (Å²) in [6.45, 7) is 6.20. The molecule has 0 radical (unpaired) electrons. The maximum atomic E-state index is 12.0. The first kappa shape index (κ1) is 13.8. The van der Waals surface area contributed by atoms with Crippen LogP contribution in [0.4, 0.5) is 0 Å². The highest BCUT2D eigenvalue weighted by Gasteiger charge is 2.20. The van der Waals surface area contributed by atoms with Crippen LogP contribution in [0.25, 0.3) is 0 Å². The normalized spacial score (nSPS) is 18.7. The van der Waals surface area contributed by atoms with Crippen molar-refractivity contribution in [1.29, 1.82) is 0 Å². The molecule has 3 heteroatoms. The van der Waals surface area contributed by atoms with Gasteiger partial charge < -0.3 is 5.32 Å². The largest absolute Gasteiger partial charge is 0.351 e. The van der Waals surface area contributed by atoms with Crippen molar-refractivity contribution in [3.63, 3.8) is 0 Å². The molecule has 1 heterocycles. The SMILES string of the molecule is CCC1C=CCN1CC(=O)NCc1ccccc1C. The molecule has 1 aromatic rings. The Bertz CT molecular complexity index is 468. The smallest absolute Gasteiger partial charge is 0.234 e. The van der Waals surface area contributed by atoms with Crippen LogP contribution in [0.1, 0.15) is 24.5 Å². The van der Waals surface area contributed by atoms with Gasteiger partial charge in [-0.3, -0.25) is 9.69 Å². The summed E-state index contributed by atoms with van der Waals surface area (Å²) >= 11 is 0. The van der Waals surface area contributed by atoms with E-state index in [-0.39, 0.29) is 5.91 Å². The summed E-state index contributed by atoms with van der Waals surface area (Å²) < 4.78 is 0. The molecule has 3 nitrogen and oxygen atoms in total. The van der Waals surface area contributed by atoms with E-state index in [1.807, 2.05) is 12.1 Å². The summed E-state index contributed by atoms with van der Waals surface area (Å²) in [4.78, 5) is 14.2. The highest BCUT2D eigenvalue weighted by molar-refractivity contribution is 5.78. The number of hydrogen-bond donors (Lipinski definition) is 1. The van der Waals surface area contributed by atoms with Crippen molar-refractivity contribution >= 4 is 5.91 Å². The minimum absolute atomic E-state index is 0.102. The molecule has 0 aromatic heterocycles. The van der Waals surface area contributed by atoms with Gasteiger partial charge in [0.05, 0.1) is 6.54 Å². The predicted octanol–water partition coefficient (Wildman–Crippen LogP) is 2.26. The monoisotopic (exact) mass is 258 g/mol. The Balaban J connectivity index is 1.81. The summed E-state index contributed by atoms with van der Waals surface area (Å²) in [5.74, 6) is 0.102. The number of amides is 1. The zero-order valence-electron chi connectivity index (χ0n) is 11.7. The van der Waals surface area contributed by atoms with Crippen LogP contribution in [0, 0.1) is 6.92 Å². The van der Waals surface area contributed by atoms with Crippen LogP contribution in [0.2, 0.25) is 0 Å². The van der Waals surface area contributed by atoms with Crippen LogP contribution >= 0.6 is 0 Å². The number of carbonyl (C=O) groups excluding carboxylic acids is 1. The van der Waals surface area contributed by atoms with E-state index < -0.39 is 0 Å². The Morgan fingerprint density at radius 1 is 1.42 bits per heavy atom. The Labute approximate surface area is 115 Å². The summed E-state index contributed by atoms with van der Waals surface area (Å²) in [6.07, 6.45) is 5.39. The van der Waals surface area contributed by atoms with E-state index in [1.54, 1.807) is 0 Å². The number of nitrogens with one attached hydrogen (secondary N) is 1. The summed E-state index contributed by atoms with van der Waals surface area (Å²) in [7, 11) is 0. The maximum Gasteiger partial charge on any atom is 0.234 e. The molecule has 0 saturated carbocycles. The fourth-order valence-electron chi connectivity index (χ4n) is 2.43. The van der Waals surface area contributed by atoms with Crippen LogP contribution < -0.4 is 5.32 Å². The molecule has 1 amide bonds. The van der Waals surface area contributed by atoms with Crippen molar-refractivity contribution in [2.24, 2.45) is 0 Å². The van der Waals surface area contributed by atoms with Crippen LogP contribution in [0.3, 0.4) is 0 Å². The van der Waals surface area contributed by atoms with Crippen molar-refractivity contribution in [2.75, 3.05) is 13.1 Å². The molecule has 0 spiro atoms. The third kappa shape index (κ3) is 3.67. The van der Waals surface area contributed by atoms with Crippen LogP contribution in [0.15, 0.2) is 36.4 Å². The van der Waals surface area contributed by atoms with E-state index in [0.717, 1.165) is 13.0 Å². The van der Waals surface area contributed by atoms with Crippen LogP contribution in [-0.4, -0.2) is 29.9 Å². The highest BCUT2D eigenvalue weighted by Crippen LogP contribution is 2.12. The van der Waals surface area contributed by atoms with Gasteiger partial charge in [0, 0.05) is 19.1 Å². The van der Waals surface area contributed by atoms with Gasteiger partial charge in [-0.15, -0.1) is 0 Å². The molecule has 0 fully saturated rings. The van der Waals surface area contributed by atoms with E-state index in [0.29, 0.717) is 19.1 Å². The number of hydrogen-bond acceptors (Lipinski definition) is 2. The van der Waals surface area contributed by atoms with Crippen molar-refractivity contribution in [1.82, 2.24) is 10.2 Å². The number of nitrogens with zero attached hydrogens (tertiary/aromatic N) is 1. The predicted molar refractivity (Wildman–Crippen MR) is 77.8 cm³/mol. The molecule has 0 saturated heterocycles. The first-order valence-electron chi connectivity index (χ1n) is 6.92. The minimum Gasteiger partial charge on any atom is -0.351 e. The van der Waals surface area contributed by atoms with Crippen LogP contribution in [0.5, 0.6) is 0 Å². The fraction of sp³-hybridized carbons (Fsp3) is 0.438. The third-order valence-electron chi connectivity index (χ3n) is 3.67. The van der Waals surface area contributed by atoms with Gasteiger partial charge in [0.15, 0.2) is 0 Å². The highest BCUT2D eigenvalue weighted by atomic mass is 16.2. The Kier molecular flexibility index (Phi) is 4.74. The fourth-order valence-corrected chi connectivity index (χ4v) is 2.43. The van der Waals surface area contributed by atoms with Gasteiger partial charge in [0.2, 0.25) is 5.91 Å². The average Bonchev–Trinajstić information content (AvgIpc) is 2.85. The number of benzene rings is 1. The number of rotatable bonds is 5. The number of carbonyl (C=O) groups is 1. The lowest BCUT2D eigenvalue weighted by Crippen LogP contribution is -2.39. The van der Waals surface area contributed by atoms with E-state index in [2.05, 4.69) is 48.3 Å². The molecule has 1 N–H and O–H groups in total. The Hall–Kier alpha value is -1.61. The zero-order chi connectivity index (χ0) is 13.7. The molecule has 1 aliphatic rings. The van der Waals surface area contributed by atoms with Crippen molar-refractivity contribution < 1.29 is 4.79 Å². The van der Waals surface area contributed by atoms with E-state index in [9.17, 15) is 4.79 Å². The van der Waals surface area contributed by atoms with Crippen molar-refractivity contribution in [2.45, 2.75) is 32.9 Å². The lowest BCUT2D eigenvalue weighted by atomic mass is 10.1. The van der Waals surface area contributed by atoms with Gasteiger partial charge in [0.1, 0.15) is 0 Å². The van der Waals surface area contributed by atoms with Crippen molar-refractivity contribution in [3.8, 4) is 0 Å². The number of aryl methyl sites for hydroxylation is 1. The summed E-state index contributed by atoms with van der Waals surface area (Å²) in [5.41, 5.74) is 2.40. The second-order valence-corrected chi connectivity index (χ2v) is 5.04.